The first-order valence-corrected chi connectivity index (χ1v) is 24.6. The van der Waals surface area contributed by atoms with Crippen LogP contribution in [-0.2, 0) is 63.8 Å². The standard InChI is InChI=1S/C45H51O12S.CHF3O3S/c46-43(52-22-28-1-16-37-40(19-28)55-37)25-49-31-4-10-34(11-5-31)58(35-12-6-32(7-13-35)50-26-44(47)53-23-29-2-17-38-41(20-29)56-38)36-14-8-33(9-15-36)51-27-45(48)54-24-30-3-18-39-42(21-30)57-39;2-1(3,4)8(5,6)7/h4-15,28-30,37-42H,1-3,16-27H2;(H,5,6,7)/q+1;/p-1. The molecule has 358 valence electrons. The first-order chi connectivity index (χ1) is 31.6. The van der Waals surface area contributed by atoms with Crippen molar-refractivity contribution in [2.24, 2.45) is 17.8 Å². The molecule has 0 amide bonds. The van der Waals surface area contributed by atoms with Crippen molar-refractivity contribution in [3.8, 4) is 17.2 Å². The zero-order chi connectivity index (χ0) is 46.4. The number of hydrogen-bond acceptors (Lipinski definition) is 15. The van der Waals surface area contributed by atoms with Gasteiger partial charge >= 0.3 is 23.4 Å². The van der Waals surface area contributed by atoms with Gasteiger partial charge in [0.05, 0.1) is 67.3 Å². The van der Waals surface area contributed by atoms with Gasteiger partial charge in [0.25, 0.3) is 0 Å². The average Bonchev–Trinajstić information content (AvgIpc) is 4.21. The number of alkyl halides is 3. The molecule has 9 atom stereocenters. The summed E-state index contributed by atoms with van der Waals surface area (Å²) in [5.74, 6) is 1.54. The molecule has 3 heterocycles. The van der Waals surface area contributed by atoms with Crippen molar-refractivity contribution in [3.63, 3.8) is 0 Å². The zero-order valence-corrected chi connectivity index (χ0v) is 37.4. The summed E-state index contributed by atoms with van der Waals surface area (Å²) < 4.78 is 110. The monoisotopic (exact) mass is 964 g/mol. The van der Waals surface area contributed by atoms with E-state index in [1.807, 2.05) is 72.8 Å². The Morgan fingerprint density at radius 2 is 0.788 bits per heavy atom. The van der Waals surface area contributed by atoms with Crippen LogP contribution in [0.2, 0.25) is 0 Å². The lowest BCUT2D eigenvalue weighted by molar-refractivity contribution is -0.148. The molecule has 20 heteroatoms. The van der Waals surface area contributed by atoms with E-state index in [0.29, 0.717) is 91.4 Å². The van der Waals surface area contributed by atoms with Crippen LogP contribution in [0, 0.1) is 17.8 Å². The molecular weight excluding hydrogens is 914 g/mol. The van der Waals surface area contributed by atoms with Gasteiger partial charge < -0.3 is 47.2 Å². The van der Waals surface area contributed by atoms with Gasteiger partial charge in [-0.2, -0.15) is 13.2 Å². The quantitative estimate of drug-likeness (QED) is 0.0343. The minimum atomic E-state index is -6.09. The van der Waals surface area contributed by atoms with Crippen LogP contribution in [-0.4, -0.2) is 113 Å². The van der Waals surface area contributed by atoms with E-state index in [-0.39, 0.29) is 37.7 Å². The third kappa shape index (κ3) is 13.7. The van der Waals surface area contributed by atoms with E-state index in [9.17, 15) is 27.6 Å². The van der Waals surface area contributed by atoms with Gasteiger partial charge in [-0.25, -0.2) is 22.8 Å². The molecule has 3 saturated carbocycles. The Balaban J connectivity index is 0.000000679. The lowest BCUT2D eigenvalue weighted by Crippen LogP contribution is -2.23. The fourth-order valence-electron chi connectivity index (χ4n) is 8.52. The maximum absolute atomic E-state index is 12.5. The molecule has 15 nitrogen and oxygen atoms in total. The summed E-state index contributed by atoms with van der Waals surface area (Å²) in [5.41, 5.74) is -5.65. The Kier molecular flexibility index (Phi) is 15.3. The largest absolute Gasteiger partial charge is 0.741 e. The van der Waals surface area contributed by atoms with Crippen LogP contribution in [0.3, 0.4) is 0 Å². The van der Waals surface area contributed by atoms with Crippen LogP contribution in [0.15, 0.2) is 87.5 Å². The van der Waals surface area contributed by atoms with Crippen LogP contribution in [0.1, 0.15) is 57.8 Å². The number of esters is 3. The highest BCUT2D eigenvalue weighted by molar-refractivity contribution is 7.97. The molecule has 0 aromatic heterocycles. The van der Waals surface area contributed by atoms with Gasteiger partial charge in [0.2, 0.25) is 0 Å². The Morgan fingerprint density at radius 3 is 1.03 bits per heavy atom. The second kappa shape index (κ2) is 21.1. The Morgan fingerprint density at radius 1 is 0.515 bits per heavy atom. The molecule has 3 aliphatic carbocycles. The number of hydrogen-bond donors (Lipinski definition) is 0. The summed E-state index contributed by atoms with van der Waals surface area (Å²) in [6.45, 7) is 0.679. The first-order valence-electron chi connectivity index (χ1n) is 22.0. The van der Waals surface area contributed by atoms with E-state index in [0.717, 1.165) is 72.5 Å². The number of rotatable bonds is 18. The normalized spacial score (nSPS) is 27.4. The molecule has 66 heavy (non-hydrogen) atoms. The predicted octanol–water partition coefficient (Wildman–Crippen LogP) is 6.30. The number of carbonyl (C=O) groups is 3. The number of carbonyl (C=O) groups excluding carboxylic acids is 3. The summed E-state index contributed by atoms with van der Waals surface area (Å²) in [7, 11) is -6.66. The molecule has 3 aromatic rings. The van der Waals surface area contributed by atoms with E-state index in [1.165, 1.54) is 0 Å². The topological polar surface area (TPSA) is 201 Å². The molecule has 9 unspecified atom stereocenters. The van der Waals surface area contributed by atoms with E-state index in [1.54, 1.807) is 0 Å². The lowest BCUT2D eigenvalue weighted by Gasteiger charge is -2.18. The fraction of sp³-hybridized carbons (Fsp3) is 0.543. The van der Waals surface area contributed by atoms with Gasteiger partial charge in [0.1, 0.15) is 17.2 Å². The van der Waals surface area contributed by atoms with Crippen molar-refractivity contribution in [3.05, 3.63) is 72.8 Å². The van der Waals surface area contributed by atoms with Crippen LogP contribution in [0.5, 0.6) is 17.2 Å². The Bertz CT molecular complexity index is 2030. The highest BCUT2D eigenvalue weighted by Crippen LogP contribution is 2.41. The van der Waals surface area contributed by atoms with Gasteiger partial charge in [0, 0.05) is 0 Å². The molecule has 3 saturated heterocycles. The molecule has 0 spiro atoms. The zero-order valence-electron chi connectivity index (χ0n) is 35.8. The lowest BCUT2D eigenvalue weighted by atomic mass is 9.90. The van der Waals surface area contributed by atoms with E-state index < -0.39 is 26.5 Å². The number of ether oxygens (including phenoxy) is 9. The molecule has 6 aliphatic rings. The predicted molar refractivity (Wildman–Crippen MR) is 225 cm³/mol. The summed E-state index contributed by atoms with van der Waals surface area (Å²) in [6, 6.07) is 23.1. The van der Waals surface area contributed by atoms with Gasteiger partial charge in [0.15, 0.2) is 44.6 Å². The van der Waals surface area contributed by atoms with Gasteiger partial charge in [-0.05, 0) is 148 Å². The second-order valence-electron chi connectivity index (χ2n) is 17.2. The Labute approximate surface area is 382 Å². The summed E-state index contributed by atoms with van der Waals surface area (Å²) >= 11 is 0. The minimum Gasteiger partial charge on any atom is -0.741 e. The smallest absolute Gasteiger partial charge is 0.485 e. The average molecular weight is 965 g/mol. The summed E-state index contributed by atoms with van der Waals surface area (Å²) in [4.78, 5) is 40.5. The van der Waals surface area contributed by atoms with Gasteiger partial charge in [-0.15, -0.1) is 0 Å². The highest BCUT2D eigenvalue weighted by Gasteiger charge is 2.46. The maximum Gasteiger partial charge on any atom is 0.485 e. The van der Waals surface area contributed by atoms with Crippen molar-refractivity contribution in [1.29, 1.82) is 0 Å². The van der Waals surface area contributed by atoms with Crippen LogP contribution in [0.4, 0.5) is 13.2 Å². The molecule has 0 bridgehead atoms. The van der Waals surface area contributed by atoms with Crippen molar-refractivity contribution in [2.75, 3.05) is 39.6 Å². The summed E-state index contributed by atoms with van der Waals surface area (Å²) in [6.07, 6.45) is 11.3. The van der Waals surface area contributed by atoms with Crippen molar-refractivity contribution in [1.82, 2.24) is 0 Å². The van der Waals surface area contributed by atoms with Gasteiger partial charge in [-0.3, -0.25) is 0 Å². The number of benzene rings is 3. The molecule has 3 aliphatic heterocycles. The molecule has 3 aromatic carbocycles. The van der Waals surface area contributed by atoms with Crippen LogP contribution >= 0.6 is 0 Å². The van der Waals surface area contributed by atoms with Crippen LogP contribution < -0.4 is 14.2 Å². The van der Waals surface area contributed by atoms with E-state index in [4.69, 9.17) is 55.6 Å². The molecule has 6 fully saturated rings. The number of epoxide rings is 3. The number of halogens is 3. The molecule has 9 rings (SSSR count). The maximum atomic E-state index is 12.5. The number of fused-ring (bicyclic) bond motifs is 3. The fourth-order valence-corrected chi connectivity index (χ4v) is 10.6. The van der Waals surface area contributed by atoms with Crippen LogP contribution in [0.25, 0.3) is 0 Å². The van der Waals surface area contributed by atoms with E-state index in [2.05, 4.69) is 0 Å². The van der Waals surface area contributed by atoms with E-state index >= 15 is 0 Å². The van der Waals surface area contributed by atoms with Gasteiger partial charge in [-0.1, -0.05) is 0 Å². The summed E-state index contributed by atoms with van der Waals surface area (Å²) in [5, 5.41) is 0. The molecule has 0 N–H and O–H groups in total. The van der Waals surface area contributed by atoms with Crippen molar-refractivity contribution < 1.29 is 83.2 Å². The minimum absolute atomic E-state index is 0.169. The molecular formula is C46H51F3O15S2. The Hall–Kier alpha value is -4.60. The first kappa shape index (κ1) is 47.9. The van der Waals surface area contributed by atoms with Crippen molar-refractivity contribution in [2.45, 2.75) is 115 Å². The SMILES string of the molecule is O=C(COc1ccc([S+](c2ccc(OCC(=O)OCC3CCC4OC4C3)cc2)c2ccc(OCC(=O)OCC3CCC4OC4C3)cc2)cc1)OCC1CCC2OC2C1.O=S(=O)([O-])C(F)(F)F. The third-order valence-corrected chi connectivity index (χ3v) is 15.1. The second-order valence-corrected chi connectivity index (χ2v) is 20.6. The van der Waals surface area contributed by atoms with Crippen molar-refractivity contribution >= 4 is 38.9 Å². The highest BCUT2D eigenvalue weighted by atomic mass is 32.2. The molecule has 0 radical (unpaired) electrons. The third-order valence-electron chi connectivity index (χ3n) is 12.3.